The summed E-state index contributed by atoms with van der Waals surface area (Å²) in [5.74, 6) is 9.81. The number of aliphatic hydroxyl groups is 2. The standard InChI is InChI=1S/C18H24O5/c1-13-14(19)9-7-8-10-15(20)18-16(23-18)11-5-3-2-4-6-12-17(21)22-13/h13-16,18-20H,2-6,11-12H2,1H3/t13?,14-,15-,16-,18+/m0/s1. The molecular formula is C18H24O5. The van der Waals surface area contributed by atoms with Crippen LogP contribution in [-0.4, -0.2) is 46.7 Å². The van der Waals surface area contributed by atoms with Crippen LogP contribution in [0.5, 0.6) is 0 Å². The van der Waals surface area contributed by atoms with Gasteiger partial charge in [-0.05, 0) is 31.6 Å². The predicted molar refractivity (Wildman–Crippen MR) is 84.1 cm³/mol. The van der Waals surface area contributed by atoms with Crippen molar-refractivity contribution in [2.24, 2.45) is 0 Å². The molecule has 0 amide bonds. The second-order valence-corrected chi connectivity index (χ2v) is 6.07. The summed E-state index contributed by atoms with van der Waals surface area (Å²) in [6.07, 6.45) is 3.51. The molecule has 5 heteroatoms. The molecule has 0 aromatic rings. The molecule has 1 fully saturated rings. The number of fused-ring (bicyclic) bond motifs is 1. The predicted octanol–water partition coefficient (Wildman–Crippen LogP) is 1.16. The quantitative estimate of drug-likeness (QED) is 0.398. The lowest BCUT2D eigenvalue weighted by atomic mass is 10.1. The summed E-state index contributed by atoms with van der Waals surface area (Å²) in [5, 5.41) is 19.7. The smallest absolute Gasteiger partial charge is 0.306 e. The average molecular weight is 320 g/mol. The van der Waals surface area contributed by atoms with Crippen molar-refractivity contribution in [3.8, 4) is 23.7 Å². The summed E-state index contributed by atoms with van der Waals surface area (Å²) in [6, 6.07) is 0. The number of rotatable bonds is 0. The normalized spacial score (nSPS) is 36.0. The molecule has 0 bridgehead atoms. The fourth-order valence-electron chi connectivity index (χ4n) is 2.56. The van der Waals surface area contributed by atoms with Crippen LogP contribution in [0.4, 0.5) is 0 Å². The second-order valence-electron chi connectivity index (χ2n) is 6.07. The number of carbonyl (C=O) groups is 1. The van der Waals surface area contributed by atoms with Gasteiger partial charge in [-0.1, -0.05) is 37.5 Å². The van der Waals surface area contributed by atoms with E-state index in [4.69, 9.17) is 9.47 Å². The van der Waals surface area contributed by atoms with Crippen LogP contribution >= 0.6 is 0 Å². The molecule has 0 aromatic heterocycles. The van der Waals surface area contributed by atoms with Crippen molar-refractivity contribution in [1.82, 2.24) is 0 Å². The average Bonchev–Trinajstić information content (AvgIpc) is 3.29. The maximum absolute atomic E-state index is 11.7. The van der Waals surface area contributed by atoms with E-state index >= 15 is 0 Å². The van der Waals surface area contributed by atoms with Crippen LogP contribution in [0.1, 0.15) is 51.9 Å². The number of epoxide rings is 1. The SMILES string of the molecule is CC1OC(=O)CCCCCCC[C@@H]2O[C@@H]2[C@@H](O)C#CC#C[C@@H]1O. The molecular weight excluding hydrogens is 296 g/mol. The molecule has 126 valence electrons. The number of ether oxygens (including phenoxy) is 2. The van der Waals surface area contributed by atoms with E-state index in [1.54, 1.807) is 6.92 Å². The fraction of sp³-hybridized carbons (Fsp3) is 0.722. The first-order valence-corrected chi connectivity index (χ1v) is 8.30. The monoisotopic (exact) mass is 320 g/mol. The highest BCUT2D eigenvalue weighted by Gasteiger charge is 2.43. The number of hydrogen-bond acceptors (Lipinski definition) is 5. The van der Waals surface area contributed by atoms with Crippen LogP contribution in [0.2, 0.25) is 0 Å². The molecule has 5 nitrogen and oxygen atoms in total. The maximum atomic E-state index is 11.7. The number of carbonyl (C=O) groups excluding carboxylic acids is 1. The van der Waals surface area contributed by atoms with Gasteiger partial charge in [0.05, 0.1) is 6.10 Å². The number of esters is 1. The van der Waals surface area contributed by atoms with Crippen molar-refractivity contribution in [3.05, 3.63) is 0 Å². The Morgan fingerprint density at radius 2 is 1.65 bits per heavy atom. The molecule has 0 aliphatic carbocycles. The highest BCUT2D eigenvalue weighted by molar-refractivity contribution is 5.69. The minimum atomic E-state index is -1.09. The number of hydrogen-bond donors (Lipinski definition) is 2. The van der Waals surface area contributed by atoms with Gasteiger partial charge in [-0.3, -0.25) is 4.79 Å². The first-order chi connectivity index (χ1) is 11.1. The van der Waals surface area contributed by atoms with Crippen molar-refractivity contribution in [3.63, 3.8) is 0 Å². The molecule has 1 saturated heterocycles. The van der Waals surface area contributed by atoms with Gasteiger partial charge in [0, 0.05) is 6.42 Å². The fourth-order valence-corrected chi connectivity index (χ4v) is 2.56. The zero-order chi connectivity index (χ0) is 16.7. The van der Waals surface area contributed by atoms with E-state index < -0.39 is 18.3 Å². The second kappa shape index (κ2) is 8.93. The lowest BCUT2D eigenvalue weighted by Gasteiger charge is -2.15. The third-order valence-corrected chi connectivity index (χ3v) is 4.07. The molecule has 0 aromatic carbocycles. The molecule has 5 atom stereocenters. The molecule has 0 spiro atoms. The Morgan fingerprint density at radius 1 is 1.00 bits per heavy atom. The van der Waals surface area contributed by atoms with Crippen LogP contribution in [0.3, 0.4) is 0 Å². The van der Waals surface area contributed by atoms with Crippen molar-refractivity contribution in [2.45, 2.75) is 82.4 Å². The summed E-state index contributed by atoms with van der Waals surface area (Å²) >= 11 is 0. The summed E-state index contributed by atoms with van der Waals surface area (Å²) < 4.78 is 10.6. The zero-order valence-electron chi connectivity index (χ0n) is 13.5. The highest BCUT2D eigenvalue weighted by Crippen LogP contribution is 2.30. The number of aliphatic hydroxyl groups excluding tert-OH is 2. The van der Waals surface area contributed by atoms with Gasteiger partial charge >= 0.3 is 5.97 Å². The van der Waals surface area contributed by atoms with Crippen LogP contribution in [-0.2, 0) is 14.3 Å². The van der Waals surface area contributed by atoms with E-state index in [9.17, 15) is 15.0 Å². The van der Waals surface area contributed by atoms with Crippen molar-refractivity contribution < 1.29 is 24.5 Å². The third kappa shape index (κ3) is 6.23. The largest absolute Gasteiger partial charge is 0.459 e. The molecule has 0 radical (unpaired) electrons. The molecule has 2 heterocycles. The molecule has 2 aliphatic rings. The zero-order valence-corrected chi connectivity index (χ0v) is 13.5. The van der Waals surface area contributed by atoms with Gasteiger partial charge in [-0.25, -0.2) is 0 Å². The lowest BCUT2D eigenvalue weighted by molar-refractivity contribution is -0.152. The van der Waals surface area contributed by atoms with Crippen LogP contribution < -0.4 is 0 Å². The first-order valence-electron chi connectivity index (χ1n) is 8.30. The molecule has 0 saturated carbocycles. The summed E-state index contributed by atoms with van der Waals surface area (Å²) in [4.78, 5) is 11.7. The Bertz CT molecular complexity index is 521. The van der Waals surface area contributed by atoms with E-state index in [1.807, 2.05) is 0 Å². The minimum Gasteiger partial charge on any atom is -0.459 e. The van der Waals surface area contributed by atoms with Gasteiger partial charge in [0.25, 0.3) is 0 Å². The van der Waals surface area contributed by atoms with Gasteiger partial charge in [0.2, 0.25) is 0 Å². The number of cyclic esters (lactones) is 1. The van der Waals surface area contributed by atoms with Gasteiger partial charge < -0.3 is 19.7 Å². The van der Waals surface area contributed by atoms with Gasteiger partial charge in [0.1, 0.15) is 18.3 Å². The Morgan fingerprint density at radius 3 is 2.43 bits per heavy atom. The maximum Gasteiger partial charge on any atom is 0.306 e. The topological polar surface area (TPSA) is 79.3 Å². The van der Waals surface area contributed by atoms with Gasteiger partial charge in [0.15, 0.2) is 6.10 Å². The highest BCUT2D eigenvalue weighted by atomic mass is 16.6. The Labute approximate surface area is 137 Å². The molecule has 1 unspecified atom stereocenters. The van der Waals surface area contributed by atoms with Gasteiger partial charge in [-0.2, -0.15) is 0 Å². The molecule has 2 rings (SSSR count). The molecule has 23 heavy (non-hydrogen) atoms. The van der Waals surface area contributed by atoms with E-state index in [0.29, 0.717) is 6.42 Å². The van der Waals surface area contributed by atoms with E-state index in [2.05, 4.69) is 23.7 Å². The first kappa shape index (κ1) is 17.8. The Hall–Kier alpha value is -1.53. The van der Waals surface area contributed by atoms with Crippen LogP contribution in [0, 0.1) is 23.7 Å². The Kier molecular flexibility index (Phi) is 6.92. The third-order valence-electron chi connectivity index (χ3n) is 4.07. The lowest BCUT2D eigenvalue weighted by Crippen LogP contribution is -2.27. The van der Waals surface area contributed by atoms with Crippen molar-refractivity contribution >= 4 is 5.97 Å². The van der Waals surface area contributed by atoms with Crippen LogP contribution in [0.25, 0.3) is 0 Å². The van der Waals surface area contributed by atoms with E-state index in [1.165, 1.54) is 0 Å². The van der Waals surface area contributed by atoms with Crippen LogP contribution in [0.15, 0.2) is 0 Å². The van der Waals surface area contributed by atoms with Gasteiger partial charge in [-0.15, -0.1) is 0 Å². The minimum absolute atomic E-state index is 0.0896. The Balaban J connectivity index is 1.94. The van der Waals surface area contributed by atoms with Crippen molar-refractivity contribution in [2.75, 3.05) is 0 Å². The molecule has 2 N–H and O–H groups in total. The molecule has 2 aliphatic heterocycles. The summed E-state index contributed by atoms with van der Waals surface area (Å²) in [5.41, 5.74) is 0. The summed E-state index contributed by atoms with van der Waals surface area (Å²) in [7, 11) is 0. The van der Waals surface area contributed by atoms with E-state index in [0.717, 1.165) is 38.5 Å². The van der Waals surface area contributed by atoms with Crippen molar-refractivity contribution in [1.29, 1.82) is 0 Å². The van der Waals surface area contributed by atoms with E-state index in [-0.39, 0.29) is 18.2 Å². The summed E-state index contributed by atoms with van der Waals surface area (Å²) in [6.45, 7) is 1.60.